The summed E-state index contributed by atoms with van der Waals surface area (Å²) >= 11 is 6.14. The molecule has 6 heteroatoms. The molecule has 3 heterocycles. The molecule has 0 aliphatic carbocycles. The summed E-state index contributed by atoms with van der Waals surface area (Å²) in [6.07, 6.45) is 0.470. The van der Waals surface area contributed by atoms with Gasteiger partial charge in [-0.1, -0.05) is 11.6 Å². The van der Waals surface area contributed by atoms with Gasteiger partial charge in [0.15, 0.2) is 0 Å². The minimum Gasteiger partial charge on any atom is -0.287 e. The van der Waals surface area contributed by atoms with E-state index >= 15 is 0 Å². The van der Waals surface area contributed by atoms with Crippen LogP contribution in [0.3, 0.4) is 0 Å². The molecular weight excluding hydrogens is 284 g/mol. The van der Waals surface area contributed by atoms with Crippen LogP contribution in [0.2, 0.25) is 5.15 Å². The molecule has 3 aromatic rings. The fraction of sp³-hybridized carbons (Fsp3) is 0.143. The second kappa shape index (κ2) is 4.83. The van der Waals surface area contributed by atoms with Crippen LogP contribution in [0.25, 0.3) is 16.8 Å². The van der Waals surface area contributed by atoms with E-state index in [1.54, 1.807) is 28.8 Å². The van der Waals surface area contributed by atoms with Gasteiger partial charge in [-0.15, -0.1) is 0 Å². The van der Waals surface area contributed by atoms with Gasteiger partial charge < -0.3 is 0 Å². The van der Waals surface area contributed by atoms with Gasteiger partial charge in [0.1, 0.15) is 16.5 Å². The molecule has 3 aromatic heterocycles. The van der Waals surface area contributed by atoms with Crippen LogP contribution in [0.15, 0.2) is 36.7 Å². The van der Waals surface area contributed by atoms with Gasteiger partial charge in [0, 0.05) is 23.7 Å². The second-order valence-corrected chi connectivity index (χ2v) is 4.79. The van der Waals surface area contributed by atoms with E-state index in [0.29, 0.717) is 16.4 Å². The van der Waals surface area contributed by atoms with Crippen molar-refractivity contribution in [3.63, 3.8) is 0 Å². The number of aromatic nitrogens is 3. The van der Waals surface area contributed by atoms with E-state index in [9.17, 15) is 8.78 Å². The molecule has 0 spiro atoms. The van der Waals surface area contributed by atoms with E-state index in [-0.39, 0.29) is 5.69 Å². The lowest BCUT2D eigenvalue weighted by atomic mass is 10.1. The maximum atomic E-state index is 12.7. The van der Waals surface area contributed by atoms with E-state index in [1.807, 2.05) is 6.92 Å². The molecule has 0 saturated carbocycles. The van der Waals surface area contributed by atoms with Gasteiger partial charge in [-0.05, 0) is 36.8 Å². The molecule has 0 atom stereocenters. The minimum absolute atomic E-state index is 0.251. The maximum absolute atomic E-state index is 12.7. The smallest absolute Gasteiger partial charge is 0.280 e. The highest BCUT2D eigenvalue weighted by Crippen LogP contribution is 2.29. The van der Waals surface area contributed by atoms with E-state index < -0.39 is 6.43 Å². The average molecular weight is 294 g/mol. The maximum Gasteiger partial charge on any atom is 0.280 e. The van der Waals surface area contributed by atoms with E-state index in [1.165, 1.54) is 12.3 Å². The Labute approximate surface area is 118 Å². The zero-order valence-corrected chi connectivity index (χ0v) is 11.3. The lowest BCUT2D eigenvalue weighted by Crippen LogP contribution is -1.94. The van der Waals surface area contributed by atoms with Gasteiger partial charge in [-0.2, -0.15) is 0 Å². The Morgan fingerprint density at radius 2 is 2.00 bits per heavy atom. The van der Waals surface area contributed by atoms with Crippen LogP contribution >= 0.6 is 11.6 Å². The first-order valence-electron chi connectivity index (χ1n) is 5.95. The molecule has 0 N–H and O–H groups in total. The summed E-state index contributed by atoms with van der Waals surface area (Å²) in [6, 6.07) is 6.55. The number of halogens is 3. The summed E-state index contributed by atoms with van der Waals surface area (Å²) in [6.45, 7) is 1.88. The minimum atomic E-state index is -2.60. The Morgan fingerprint density at radius 3 is 2.75 bits per heavy atom. The van der Waals surface area contributed by atoms with Crippen molar-refractivity contribution in [1.82, 2.24) is 14.4 Å². The predicted octanol–water partition coefficient (Wildman–Crippen LogP) is 4.30. The number of imidazole rings is 1. The highest BCUT2D eigenvalue weighted by molar-refractivity contribution is 6.30. The number of hydrogen-bond acceptors (Lipinski definition) is 2. The van der Waals surface area contributed by atoms with E-state index in [0.717, 1.165) is 11.3 Å². The van der Waals surface area contributed by atoms with Gasteiger partial charge in [-0.3, -0.25) is 9.38 Å². The van der Waals surface area contributed by atoms with Crippen LogP contribution in [-0.2, 0) is 0 Å². The third-order valence-electron chi connectivity index (χ3n) is 3.10. The molecule has 0 saturated heterocycles. The van der Waals surface area contributed by atoms with Crippen molar-refractivity contribution < 1.29 is 8.78 Å². The van der Waals surface area contributed by atoms with Crippen LogP contribution < -0.4 is 0 Å². The normalized spacial score (nSPS) is 11.4. The monoisotopic (exact) mass is 293 g/mol. The van der Waals surface area contributed by atoms with Crippen LogP contribution in [0, 0.1) is 6.92 Å². The Hall–Kier alpha value is -2.01. The number of aryl methyl sites for hydroxylation is 1. The highest BCUT2D eigenvalue weighted by Gasteiger charge is 2.13. The van der Waals surface area contributed by atoms with Gasteiger partial charge in [0.25, 0.3) is 6.43 Å². The largest absolute Gasteiger partial charge is 0.287 e. The first-order chi connectivity index (χ1) is 9.58. The Balaban J connectivity index is 2.25. The number of fused-ring (bicyclic) bond motifs is 1. The van der Waals surface area contributed by atoms with Gasteiger partial charge in [0.05, 0.1) is 0 Å². The Kier molecular flexibility index (Phi) is 3.14. The topological polar surface area (TPSA) is 30.2 Å². The summed E-state index contributed by atoms with van der Waals surface area (Å²) in [4.78, 5) is 7.96. The molecule has 0 radical (unpaired) electrons. The van der Waals surface area contributed by atoms with Crippen LogP contribution in [-0.4, -0.2) is 14.4 Å². The summed E-state index contributed by atoms with van der Waals surface area (Å²) in [5.41, 5.74) is 2.66. The standard InChI is InChI=1S/C14H10ClF2N3/c1-8-7-19-14-10(2-3-12(15)20(8)14)9-4-5-18-11(6-9)13(16)17/h2-7,13H,1H3. The third-order valence-corrected chi connectivity index (χ3v) is 3.39. The van der Waals surface area contributed by atoms with Crippen molar-refractivity contribution in [2.45, 2.75) is 13.3 Å². The first-order valence-corrected chi connectivity index (χ1v) is 6.33. The van der Waals surface area contributed by atoms with Gasteiger partial charge in [0.2, 0.25) is 0 Å². The van der Waals surface area contributed by atoms with Crippen molar-refractivity contribution in [2.24, 2.45) is 0 Å². The lowest BCUT2D eigenvalue weighted by Gasteiger charge is -2.08. The van der Waals surface area contributed by atoms with Crippen molar-refractivity contribution >= 4 is 17.2 Å². The molecule has 3 nitrogen and oxygen atoms in total. The van der Waals surface area contributed by atoms with Crippen LogP contribution in [0.5, 0.6) is 0 Å². The van der Waals surface area contributed by atoms with Crippen LogP contribution in [0.1, 0.15) is 17.8 Å². The predicted molar refractivity (Wildman–Crippen MR) is 73.1 cm³/mol. The second-order valence-electron chi connectivity index (χ2n) is 4.40. The molecular formula is C14H10ClF2N3. The molecule has 3 rings (SSSR count). The fourth-order valence-electron chi connectivity index (χ4n) is 2.16. The molecule has 0 aliphatic rings. The summed E-state index contributed by atoms with van der Waals surface area (Å²) in [5.74, 6) is 0. The molecule has 0 fully saturated rings. The van der Waals surface area contributed by atoms with Crippen molar-refractivity contribution in [2.75, 3.05) is 0 Å². The zero-order valence-electron chi connectivity index (χ0n) is 10.5. The quantitative estimate of drug-likeness (QED) is 0.660. The lowest BCUT2D eigenvalue weighted by molar-refractivity contribution is 0.146. The number of nitrogens with zero attached hydrogens (tertiary/aromatic N) is 3. The van der Waals surface area contributed by atoms with Crippen molar-refractivity contribution in [3.8, 4) is 11.1 Å². The number of rotatable bonds is 2. The molecule has 0 aromatic carbocycles. The number of alkyl halides is 2. The summed E-state index contributed by atoms with van der Waals surface area (Å²) in [7, 11) is 0. The zero-order chi connectivity index (χ0) is 14.3. The fourth-order valence-corrected chi connectivity index (χ4v) is 2.43. The molecule has 0 aliphatic heterocycles. The summed E-state index contributed by atoms with van der Waals surface area (Å²) < 4.78 is 27.3. The van der Waals surface area contributed by atoms with Crippen molar-refractivity contribution in [1.29, 1.82) is 0 Å². The molecule has 20 heavy (non-hydrogen) atoms. The SMILES string of the molecule is Cc1cnc2c(-c3ccnc(C(F)F)c3)ccc(Cl)n12. The van der Waals surface area contributed by atoms with Gasteiger partial charge >= 0.3 is 0 Å². The molecule has 102 valence electrons. The third kappa shape index (κ3) is 2.04. The van der Waals surface area contributed by atoms with E-state index in [2.05, 4.69) is 9.97 Å². The van der Waals surface area contributed by atoms with E-state index in [4.69, 9.17) is 11.6 Å². The molecule has 0 unspecified atom stereocenters. The van der Waals surface area contributed by atoms with Gasteiger partial charge in [-0.25, -0.2) is 13.8 Å². The highest BCUT2D eigenvalue weighted by atomic mass is 35.5. The average Bonchev–Trinajstić information content (AvgIpc) is 2.82. The Bertz CT molecular complexity index is 783. The molecule has 0 amide bonds. The first kappa shape index (κ1) is 13.0. The Morgan fingerprint density at radius 1 is 1.20 bits per heavy atom. The number of pyridine rings is 2. The van der Waals surface area contributed by atoms with Crippen LogP contribution in [0.4, 0.5) is 8.78 Å². The number of hydrogen-bond donors (Lipinski definition) is 0. The molecule has 0 bridgehead atoms. The summed E-state index contributed by atoms with van der Waals surface area (Å²) in [5, 5.41) is 0.530. The van der Waals surface area contributed by atoms with Crippen molar-refractivity contribution in [3.05, 3.63) is 53.2 Å².